The van der Waals surface area contributed by atoms with Gasteiger partial charge in [-0.1, -0.05) is 30.3 Å². The van der Waals surface area contributed by atoms with Gasteiger partial charge in [0.2, 0.25) is 0 Å². The number of anilines is 1. The van der Waals surface area contributed by atoms with Crippen molar-refractivity contribution in [3.05, 3.63) is 69.3 Å². The number of carbonyl (C=O) groups excluding carboxylic acids is 1. The number of rotatable bonds is 3. The van der Waals surface area contributed by atoms with Gasteiger partial charge in [0.1, 0.15) is 12.2 Å². The van der Waals surface area contributed by atoms with Gasteiger partial charge in [0.25, 0.3) is 5.69 Å². The molecule has 0 bridgehead atoms. The van der Waals surface area contributed by atoms with Crippen LogP contribution in [0.5, 0.6) is 0 Å². The van der Waals surface area contributed by atoms with E-state index in [0.717, 1.165) is 31.7 Å². The van der Waals surface area contributed by atoms with Crippen molar-refractivity contribution in [2.45, 2.75) is 0 Å². The third kappa shape index (κ3) is 3.21. The van der Waals surface area contributed by atoms with Crippen LogP contribution < -0.4 is 4.90 Å². The second-order valence-corrected chi connectivity index (χ2v) is 6.88. The Bertz CT molecular complexity index is 946. The molecule has 7 nitrogen and oxygen atoms in total. The highest BCUT2D eigenvalue weighted by Crippen LogP contribution is 2.32. The fourth-order valence-electron chi connectivity index (χ4n) is 3.63. The number of likely N-dealkylation sites (N-methyl/N-ethyl adjacent to an activating group) is 1. The third-order valence-electron chi connectivity index (χ3n) is 5.15. The molecule has 0 unspecified atom stereocenters. The molecule has 0 amide bonds. The Morgan fingerprint density at radius 3 is 2.44 bits per heavy atom. The van der Waals surface area contributed by atoms with Crippen molar-refractivity contribution >= 4 is 22.9 Å². The van der Waals surface area contributed by atoms with Crippen LogP contribution >= 0.6 is 0 Å². The average molecular weight is 364 g/mol. The molecule has 0 aromatic heterocycles. The average Bonchev–Trinajstić information content (AvgIpc) is 2.69. The quantitative estimate of drug-likeness (QED) is 0.617. The lowest BCUT2D eigenvalue weighted by atomic mass is 9.92. The number of nitrogens with zero attached hydrogens (tertiary/aromatic N) is 4. The van der Waals surface area contributed by atoms with Gasteiger partial charge in [-0.05, 0) is 13.1 Å². The minimum absolute atomic E-state index is 0.0297. The molecule has 0 aliphatic carbocycles. The van der Waals surface area contributed by atoms with E-state index in [1.54, 1.807) is 18.2 Å². The van der Waals surface area contributed by atoms with E-state index < -0.39 is 0 Å². The highest BCUT2D eigenvalue weighted by molar-refractivity contribution is 6.22. The summed E-state index contributed by atoms with van der Waals surface area (Å²) < 4.78 is 0. The minimum Gasteiger partial charge on any atom is -0.363 e. The molecular weight excluding hydrogens is 344 g/mol. The third-order valence-corrected chi connectivity index (χ3v) is 5.15. The summed E-state index contributed by atoms with van der Waals surface area (Å²) >= 11 is 0. The first kappa shape index (κ1) is 17.4. The molecule has 7 heteroatoms. The standard InChI is InChI=1S/C20H20N4O3/c1-22-8-10-23(11-9-22)17-7-6-14(12-18(17)24(26)27)20-16-5-3-2-4-15(16)19(25)13-21-20/h2-7,12H,8-11,13H2,1H3. The van der Waals surface area contributed by atoms with E-state index >= 15 is 0 Å². The van der Waals surface area contributed by atoms with Crippen LogP contribution in [0.15, 0.2) is 47.5 Å². The highest BCUT2D eigenvalue weighted by atomic mass is 16.6. The zero-order valence-electron chi connectivity index (χ0n) is 15.1. The van der Waals surface area contributed by atoms with E-state index in [1.165, 1.54) is 0 Å². The van der Waals surface area contributed by atoms with Gasteiger partial charge < -0.3 is 9.80 Å². The molecular formula is C20H20N4O3. The first-order valence-electron chi connectivity index (χ1n) is 8.94. The van der Waals surface area contributed by atoms with Crippen LogP contribution in [0.25, 0.3) is 0 Å². The molecule has 2 aliphatic rings. The fraction of sp³-hybridized carbons (Fsp3) is 0.300. The molecule has 0 saturated carbocycles. The summed E-state index contributed by atoms with van der Waals surface area (Å²) in [7, 11) is 2.05. The zero-order valence-corrected chi connectivity index (χ0v) is 15.1. The Morgan fingerprint density at radius 1 is 1.04 bits per heavy atom. The smallest absolute Gasteiger partial charge is 0.293 e. The molecule has 2 heterocycles. The molecule has 138 valence electrons. The van der Waals surface area contributed by atoms with Crippen LogP contribution in [0.1, 0.15) is 21.5 Å². The van der Waals surface area contributed by atoms with Crippen molar-refractivity contribution in [3.8, 4) is 0 Å². The number of nitro groups is 1. The SMILES string of the molecule is CN1CCN(c2ccc(C3=NCC(=O)c4ccccc43)cc2[N+](=O)[O-])CC1. The summed E-state index contributed by atoms with van der Waals surface area (Å²) in [6.07, 6.45) is 0. The number of carbonyl (C=O) groups is 1. The van der Waals surface area contributed by atoms with Gasteiger partial charge in [-0.25, -0.2) is 0 Å². The van der Waals surface area contributed by atoms with Gasteiger partial charge in [-0.3, -0.25) is 19.9 Å². The number of benzene rings is 2. The van der Waals surface area contributed by atoms with Crippen molar-refractivity contribution in [3.63, 3.8) is 0 Å². The number of hydrogen-bond acceptors (Lipinski definition) is 6. The summed E-state index contributed by atoms with van der Waals surface area (Å²) in [5.41, 5.74) is 3.37. The number of aliphatic imine (C=N–C) groups is 1. The van der Waals surface area contributed by atoms with Gasteiger partial charge in [-0.15, -0.1) is 0 Å². The lowest BCUT2D eigenvalue weighted by Gasteiger charge is -2.33. The van der Waals surface area contributed by atoms with Crippen molar-refractivity contribution < 1.29 is 9.72 Å². The summed E-state index contributed by atoms with van der Waals surface area (Å²) in [6.45, 7) is 3.34. The van der Waals surface area contributed by atoms with Gasteiger partial charge >= 0.3 is 0 Å². The maximum absolute atomic E-state index is 12.1. The van der Waals surface area contributed by atoms with Crippen LogP contribution in [-0.2, 0) is 0 Å². The molecule has 0 radical (unpaired) electrons. The van der Waals surface area contributed by atoms with Gasteiger partial charge in [0.15, 0.2) is 5.78 Å². The van der Waals surface area contributed by atoms with Gasteiger partial charge in [0.05, 0.1) is 10.6 Å². The molecule has 1 saturated heterocycles. The van der Waals surface area contributed by atoms with Crippen LogP contribution in [0.2, 0.25) is 0 Å². The first-order valence-corrected chi connectivity index (χ1v) is 8.94. The van der Waals surface area contributed by atoms with E-state index in [-0.39, 0.29) is 22.9 Å². The summed E-state index contributed by atoms with van der Waals surface area (Å²) in [5, 5.41) is 11.7. The Kier molecular flexibility index (Phi) is 4.45. The number of piperazine rings is 1. The number of ketones is 1. The fourth-order valence-corrected chi connectivity index (χ4v) is 3.63. The minimum atomic E-state index is -0.336. The Hall–Kier alpha value is -3.06. The van der Waals surface area contributed by atoms with E-state index in [0.29, 0.717) is 22.5 Å². The van der Waals surface area contributed by atoms with Gasteiger partial charge in [0, 0.05) is 48.9 Å². The number of nitro benzene ring substituents is 1. The van der Waals surface area contributed by atoms with Gasteiger partial charge in [-0.2, -0.15) is 0 Å². The molecule has 0 N–H and O–H groups in total. The number of fused-ring (bicyclic) bond motifs is 1. The zero-order chi connectivity index (χ0) is 19.0. The normalized spacial score (nSPS) is 17.4. The second kappa shape index (κ2) is 6.92. The maximum Gasteiger partial charge on any atom is 0.293 e. The van der Waals surface area contributed by atoms with E-state index in [2.05, 4.69) is 21.8 Å². The Labute approximate surface area is 157 Å². The molecule has 27 heavy (non-hydrogen) atoms. The summed E-state index contributed by atoms with van der Waals surface area (Å²) in [5.74, 6) is -0.0297. The monoisotopic (exact) mass is 364 g/mol. The molecule has 4 rings (SSSR count). The lowest BCUT2D eigenvalue weighted by Crippen LogP contribution is -2.44. The second-order valence-electron chi connectivity index (χ2n) is 6.88. The summed E-state index contributed by atoms with van der Waals surface area (Å²) in [6, 6.07) is 12.5. The van der Waals surface area contributed by atoms with Crippen LogP contribution in [0.3, 0.4) is 0 Å². The largest absolute Gasteiger partial charge is 0.363 e. The predicted molar refractivity (Wildman–Crippen MR) is 104 cm³/mol. The molecule has 1 fully saturated rings. The van der Waals surface area contributed by atoms with Crippen molar-refractivity contribution in [2.24, 2.45) is 4.99 Å². The molecule has 0 atom stereocenters. The van der Waals surface area contributed by atoms with Crippen molar-refractivity contribution in [1.29, 1.82) is 0 Å². The highest BCUT2D eigenvalue weighted by Gasteiger charge is 2.26. The number of hydrogen-bond donors (Lipinski definition) is 0. The lowest BCUT2D eigenvalue weighted by molar-refractivity contribution is -0.384. The van der Waals surface area contributed by atoms with E-state index in [4.69, 9.17) is 0 Å². The predicted octanol–water partition coefficient (Wildman–Crippen LogP) is 2.38. The molecule has 2 aromatic rings. The Morgan fingerprint density at radius 2 is 1.74 bits per heavy atom. The maximum atomic E-state index is 12.1. The Balaban J connectivity index is 1.74. The topological polar surface area (TPSA) is 79.0 Å². The van der Waals surface area contributed by atoms with E-state index in [1.807, 2.05) is 24.3 Å². The van der Waals surface area contributed by atoms with E-state index in [9.17, 15) is 14.9 Å². The van der Waals surface area contributed by atoms with Crippen LogP contribution in [0.4, 0.5) is 11.4 Å². The number of Topliss-reactive ketones (excluding diaryl/α,β-unsaturated/α-hetero) is 1. The molecule has 2 aromatic carbocycles. The first-order chi connectivity index (χ1) is 13.0. The summed E-state index contributed by atoms with van der Waals surface area (Å²) in [4.78, 5) is 32.2. The van der Waals surface area contributed by atoms with Crippen LogP contribution in [-0.4, -0.2) is 61.1 Å². The van der Waals surface area contributed by atoms with Crippen molar-refractivity contribution in [1.82, 2.24) is 4.90 Å². The molecule has 2 aliphatic heterocycles. The molecule has 0 spiro atoms. The van der Waals surface area contributed by atoms with Crippen LogP contribution in [0, 0.1) is 10.1 Å². The van der Waals surface area contributed by atoms with Crippen molar-refractivity contribution in [2.75, 3.05) is 44.7 Å².